The molecule has 0 heterocycles. The number of aldehydes is 1. The van der Waals surface area contributed by atoms with Crippen LogP contribution in [0.15, 0.2) is 6.07 Å². The average molecular weight is 278 g/mol. The van der Waals surface area contributed by atoms with E-state index in [2.05, 4.69) is 0 Å². The molecule has 106 valence electrons. The Labute approximate surface area is 108 Å². The van der Waals surface area contributed by atoms with Gasteiger partial charge in [-0.1, -0.05) is 19.8 Å². The van der Waals surface area contributed by atoms with Crippen LogP contribution in [0, 0.1) is 23.3 Å². The summed E-state index contributed by atoms with van der Waals surface area (Å²) in [6, 6.07) is 0.0878. The number of halogens is 4. The van der Waals surface area contributed by atoms with Crippen LogP contribution in [-0.4, -0.2) is 12.4 Å². The molecular formula is C13H14F4O2. The second kappa shape index (κ2) is 7.11. The summed E-state index contributed by atoms with van der Waals surface area (Å²) in [4.78, 5) is 10.7. The van der Waals surface area contributed by atoms with Crippen molar-refractivity contribution in [2.45, 2.75) is 38.7 Å². The van der Waals surface area contributed by atoms with Crippen molar-refractivity contribution in [3.8, 4) is 5.75 Å². The summed E-state index contributed by atoms with van der Waals surface area (Å²) in [5, 5.41) is 0. The smallest absolute Gasteiger partial charge is 0.203 e. The third kappa shape index (κ3) is 3.94. The number of carbonyl (C=O) groups excluding carboxylic acids is 1. The number of hydrogen-bond acceptors (Lipinski definition) is 2. The molecule has 6 heteroatoms. The van der Waals surface area contributed by atoms with Crippen LogP contribution in [0.25, 0.3) is 0 Å². The maximum absolute atomic E-state index is 13.3. The molecule has 0 spiro atoms. The summed E-state index contributed by atoms with van der Waals surface area (Å²) in [7, 11) is 0. The van der Waals surface area contributed by atoms with Crippen LogP contribution < -0.4 is 4.74 Å². The van der Waals surface area contributed by atoms with Crippen molar-refractivity contribution in [1.82, 2.24) is 0 Å². The highest BCUT2D eigenvalue weighted by Gasteiger charge is 2.23. The van der Waals surface area contributed by atoms with E-state index >= 15 is 0 Å². The third-order valence-corrected chi connectivity index (χ3v) is 2.58. The molecule has 0 N–H and O–H groups in total. The lowest BCUT2D eigenvalue weighted by molar-refractivity contribution is -0.114. The van der Waals surface area contributed by atoms with Crippen molar-refractivity contribution in [3.63, 3.8) is 0 Å². The van der Waals surface area contributed by atoms with Gasteiger partial charge in [-0.05, 0) is 12.8 Å². The molecule has 0 amide bonds. The molecule has 0 aromatic heterocycles. The van der Waals surface area contributed by atoms with Gasteiger partial charge in [-0.3, -0.25) is 4.79 Å². The quantitative estimate of drug-likeness (QED) is 0.328. The van der Waals surface area contributed by atoms with Gasteiger partial charge in [0.1, 0.15) is 0 Å². The highest BCUT2D eigenvalue weighted by Crippen LogP contribution is 2.27. The van der Waals surface area contributed by atoms with Crippen LogP contribution >= 0.6 is 0 Å². The van der Waals surface area contributed by atoms with Gasteiger partial charge in [0.25, 0.3) is 0 Å². The van der Waals surface area contributed by atoms with Gasteiger partial charge in [-0.15, -0.1) is 0 Å². The van der Waals surface area contributed by atoms with E-state index in [-0.39, 0.29) is 12.5 Å². The minimum Gasteiger partial charge on any atom is -0.477 e. The van der Waals surface area contributed by atoms with Crippen LogP contribution in [0.3, 0.4) is 0 Å². The van der Waals surface area contributed by atoms with Gasteiger partial charge in [-0.25, -0.2) is 8.78 Å². The van der Waals surface area contributed by atoms with Crippen molar-refractivity contribution < 1.29 is 27.1 Å². The van der Waals surface area contributed by atoms with Crippen LogP contribution in [0.5, 0.6) is 5.75 Å². The van der Waals surface area contributed by atoms with Crippen molar-refractivity contribution in [2.24, 2.45) is 0 Å². The van der Waals surface area contributed by atoms with Gasteiger partial charge in [0.2, 0.25) is 11.6 Å². The van der Waals surface area contributed by atoms with Crippen LogP contribution in [0.1, 0.15) is 32.6 Å². The molecule has 0 saturated heterocycles. The zero-order valence-electron chi connectivity index (χ0n) is 10.4. The lowest BCUT2D eigenvalue weighted by Gasteiger charge is -2.15. The predicted molar refractivity (Wildman–Crippen MR) is 60.9 cm³/mol. The molecule has 0 aliphatic rings. The lowest BCUT2D eigenvalue weighted by atomic mass is 10.1. The molecule has 0 radical (unpaired) electrons. The molecule has 0 saturated carbocycles. The van der Waals surface area contributed by atoms with E-state index in [9.17, 15) is 22.4 Å². The van der Waals surface area contributed by atoms with Crippen molar-refractivity contribution in [2.75, 3.05) is 0 Å². The highest BCUT2D eigenvalue weighted by molar-refractivity contribution is 5.56. The number of unbranched alkanes of at least 4 members (excludes halogenated alkanes) is 2. The Hall–Kier alpha value is -1.59. The van der Waals surface area contributed by atoms with E-state index in [0.29, 0.717) is 12.7 Å². The minimum atomic E-state index is -1.64. The fourth-order valence-corrected chi connectivity index (χ4v) is 1.56. The predicted octanol–water partition coefficient (Wildman–Crippen LogP) is 3.77. The first-order valence-corrected chi connectivity index (χ1v) is 5.96. The van der Waals surface area contributed by atoms with Gasteiger partial charge in [-0.2, -0.15) is 8.78 Å². The van der Waals surface area contributed by atoms with E-state index in [0.717, 1.165) is 12.8 Å². The maximum atomic E-state index is 13.3. The molecule has 1 atom stereocenters. The molecule has 19 heavy (non-hydrogen) atoms. The number of rotatable bonds is 7. The summed E-state index contributed by atoms with van der Waals surface area (Å²) in [5.74, 6) is -7.59. The van der Waals surface area contributed by atoms with Crippen molar-refractivity contribution in [1.29, 1.82) is 0 Å². The maximum Gasteiger partial charge on any atom is 0.203 e. The first-order chi connectivity index (χ1) is 9.01. The molecule has 1 aromatic carbocycles. The molecule has 0 aliphatic heterocycles. The van der Waals surface area contributed by atoms with E-state index in [1.54, 1.807) is 0 Å². The Morgan fingerprint density at radius 3 is 2.21 bits per heavy atom. The Kier molecular flexibility index (Phi) is 5.79. The van der Waals surface area contributed by atoms with E-state index < -0.39 is 35.1 Å². The summed E-state index contributed by atoms with van der Waals surface area (Å²) in [6.45, 7) is 1.94. The zero-order chi connectivity index (χ0) is 14.4. The second-order valence-electron chi connectivity index (χ2n) is 4.09. The van der Waals surface area contributed by atoms with Crippen molar-refractivity contribution >= 4 is 6.29 Å². The molecule has 1 unspecified atom stereocenters. The van der Waals surface area contributed by atoms with Crippen LogP contribution in [-0.2, 0) is 4.79 Å². The molecule has 2 nitrogen and oxygen atoms in total. The largest absolute Gasteiger partial charge is 0.477 e. The summed E-state index contributed by atoms with van der Waals surface area (Å²) < 4.78 is 57.2. The molecule has 1 rings (SSSR count). The highest BCUT2D eigenvalue weighted by atomic mass is 19.2. The summed E-state index contributed by atoms with van der Waals surface area (Å²) in [5.41, 5.74) is 0. The molecule has 0 fully saturated rings. The normalized spacial score (nSPS) is 12.3. The number of ether oxygens (including phenoxy) is 1. The van der Waals surface area contributed by atoms with E-state index in [1.165, 1.54) is 0 Å². The van der Waals surface area contributed by atoms with Gasteiger partial charge >= 0.3 is 0 Å². The molecular weight excluding hydrogens is 264 g/mol. The van der Waals surface area contributed by atoms with Gasteiger partial charge in [0.15, 0.2) is 29.8 Å². The number of carbonyl (C=O) groups is 1. The first kappa shape index (κ1) is 15.5. The fourth-order valence-electron chi connectivity index (χ4n) is 1.56. The van der Waals surface area contributed by atoms with E-state index in [4.69, 9.17) is 4.74 Å². The SMILES string of the molecule is CCCCCC(C=O)Oc1c(F)c(F)cc(F)c1F. The lowest BCUT2D eigenvalue weighted by Crippen LogP contribution is -2.20. The average Bonchev–Trinajstić information content (AvgIpc) is 2.39. The van der Waals surface area contributed by atoms with Gasteiger partial charge < -0.3 is 4.74 Å². The number of benzene rings is 1. The van der Waals surface area contributed by atoms with Crippen LogP contribution in [0.4, 0.5) is 17.6 Å². The Balaban J connectivity index is 2.87. The monoisotopic (exact) mass is 278 g/mol. The zero-order valence-corrected chi connectivity index (χ0v) is 10.4. The van der Waals surface area contributed by atoms with Crippen LogP contribution in [0.2, 0.25) is 0 Å². The van der Waals surface area contributed by atoms with Crippen molar-refractivity contribution in [3.05, 3.63) is 29.3 Å². The van der Waals surface area contributed by atoms with Gasteiger partial charge in [0, 0.05) is 6.07 Å². The second-order valence-corrected chi connectivity index (χ2v) is 4.09. The Bertz CT molecular complexity index is 423. The molecule has 1 aromatic rings. The Morgan fingerprint density at radius 1 is 1.16 bits per heavy atom. The molecule has 0 bridgehead atoms. The third-order valence-electron chi connectivity index (χ3n) is 2.58. The topological polar surface area (TPSA) is 26.3 Å². The Morgan fingerprint density at radius 2 is 1.74 bits per heavy atom. The summed E-state index contributed by atoms with van der Waals surface area (Å²) >= 11 is 0. The first-order valence-electron chi connectivity index (χ1n) is 5.96. The molecule has 0 aliphatic carbocycles. The van der Waals surface area contributed by atoms with E-state index in [1.807, 2.05) is 6.92 Å². The van der Waals surface area contributed by atoms with Gasteiger partial charge in [0.05, 0.1) is 0 Å². The number of hydrogen-bond donors (Lipinski definition) is 0. The standard InChI is InChI=1S/C13H14F4O2/c1-2-3-4-5-8(7-18)19-13-11(16)9(14)6-10(15)12(13)17/h6-8H,2-5H2,1H3. The minimum absolute atomic E-state index is 0.0878. The summed E-state index contributed by atoms with van der Waals surface area (Å²) in [6.07, 6.45) is 1.78. The fraction of sp³-hybridized carbons (Fsp3) is 0.462.